The Morgan fingerprint density at radius 3 is 2.96 bits per heavy atom. The fourth-order valence-corrected chi connectivity index (χ4v) is 3.07. The van der Waals surface area contributed by atoms with Gasteiger partial charge in [0.15, 0.2) is 0 Å². The number of fused-ring (bicyclic) bond motifs is 3. The number of carboxylic acid groups (broad SMARTS) is 1. The lowest BCUT2D eigenvalue weighted by atomic mass is 10.1. The molecule has 118 valence electrons. The molecule has 0 radical (unpaired) electrons. The van der Waals surface area contributed by atoms with Gasteiger partial charge in [-0.1, -0.05) is 0 Å². The van der Waals surface area contributed by atoms with E-state index in [1.165, 1.54) is 6.07 Å². The van der Waals surface area contributed by atoms with Crippen molar-refractivity contribution in [1.29, 1.82) is 0 Å². The van der Waals surface area contributed by atoms with Gasteiger partial charge in [-0.3, -0.25) is 9.20 Å². The van der Waals surface area contributed by atoms with E-state index in [4.69, 9.17) is 4.74 Å². The molecule has 1 aromatic carbocycles. The molecular weight excluding hydrogens is 300 g/mol. The number of hydrogen-bond acceptors (Lipinski definition) is 5. The minimum Gasteiger partial charge on any atom is -0.478 e. The lowest BCUT2D eigenvalue weighted by Crippen LogP contribution is -2.14. The second-order valence-corrected chi connectivity index (χ2v) is 5.72. The van der Waals surface area contributed by atoms with E-state index in [0.717, 1.165) is 6.42 Å². The summed E-state index contributed by atoms with van der Waals surface area (Å²) < 4.78 is 7.12. The minimum absolute atomic E-state index is 0.0782. The molecule has 0 aliphatic carbocycles. The van der Waals surface area contributed by atoms with E-state index >= 15 is 0 Å². The Kier molecular flexibility index (Phi) is 2.95. The molecule has 1 atom stereocenters. The maximum absolute atomic E-state index is 12.2. The summed E-state index contributed by atoms with van der Waals surface area (Å²) in [7, 11) is 0. The highest BCUT2D eigenvalue weighted by Gasteiger charge is 2.25. The predicted molar refractivity (Wildman–Crippen MR) is 81.0 cm³/mol. The lowest BCUT2D eigenvalue weighted by Gasteiger charge is -2.10. The van der Waals surface area contributed by atoms with Crippen molar-refractivity contribution in [2.24, 2.45) is 0 Å². The van der Waals surface area contributed by atoms with Crippen LogP contribution in [0, 0.1) is 6.92 Å². The molecule has 8 nitrogen and oxygen atoms in total. The molecule has 2 aromatic heterocycles. The van der Waals surface area contributed by atoms with Crippen LogP contribution in [0.3, 0.4) is 0 Å². The van der Waals surface area contributed by atoms with Crippen LogP contribution in [0.15, 0.2) is 16.9 Å². The number of aromatic amines is 1. The van der Waals surface area contributed by atoms with Crippen LogP contribution >= 0.6 is 0 Å². The third-order valence-electron chi connectivity index (χ3n) is 4.25. The number of carboxylic acids is 1. The Morgan fingerprint density at radius 2 is 2.26 bits per heavy atom. The van der Waals surface area contributed by atoms with Crippen LogP contribution < -0.4 is 5.56 Å². The smallest absolute Gasteiger partial charge is 0.336 e. The molecule has 0 saturated carbocycles. The number of ether oxygens (including phenoxy) is 1. The van der Waals surface area contributed by atoms with Gasteiger partial charge in [0, 0.05) is 12.5 Å². The quantitative estimate of drug-likeness (QED) is 0.732. The van der Waals surface area contributed by atoms with E-state index in [1.807, 2.05) is 0 Å². The van der Waals surface area contributed by atoms with Crippen LogP contribution in [0.25, 0.3) is 16.7 Å². The third kappa shape index (κ3) is 2.02. The van der Waals surface area contributed by atoms with Gasteiger partial charge >= 0.3 is 5.97 Å². The van der Waals surface area contributed by atoms with Gasteiger partial charge in [0.2, 0.25) is 5.65 Å². The van der Waals surface area contributed by atoms with Gasteiger partial charge in [0.25, 0.3) is 5.56 Å². The van der Waals surface area contributed by atoms with Crippen LogP contribution in [0.1, 0.15) is 34.1 Å². The lowest BCUT2D eigenvalue weighted by molar-refractivity contribution is 0.0696. The molecule has 2 N–H and O–H groups in total. The average Bonchev–Trinajstić information content (AvgIpc) is 3.16. The van der Waals surface area contributed by atoms with Crippen LogP contribution in [0.2, 0.25) is 0 Å². The van der Waals surface area contributed by atoms with Crippen molar-refractivity contribution in [1.82, 2.24) is 19.6 Å². The topological polar surface area (TPSA) is 110 Å². The van der Waals surface area contributed by atoms with E-state index in [2.05, 4.69) is 15.2 Å². The van der Waals surface area contributed by atoms with Crippen molar-refractivity contribution in [3.05, 3.63) is 39.4 Å². The zero-order valence-electron chi connectivity index (χ0n) is 12.4. The summed E-state index contributed by atoms with van der Waals surface area (Å²) in [6, 6.07) is 3.22. The highest BCUT2D eigenvalue weighted by molar-refractivity contribution is 5.94. The Bertz CT molecular complexity index is 998. The van der Waals surface area contributed by atoms with E-state index in [0.29, 0.717) is 35.6 Å². The number of aromatic nitrogens is 4. The molecule has 23 heavy (non-hydrogen) atoms. The number of nitrogens with zero attached hydrogens (tertiary/aromatic N) is 3. The summed E-state index contributed by atoms with van der Waals surface area (Å²) in [5.41, 5.74) is 1.73. The largest absolute Gasteiger partial charge is 0.478 e. The average molecular weight is 314 g/mol. The van der Waals surface area contributed by atoms with Gasteiger partial charge in [0.1, 0.15) is 5.82 Å². The minimum atomic E-state index is -1.03. The van der Waals surface area contributed by atoms with Gasteiger partial charge in [0.05, 0.1) is 23.2 Å². The molecule has 1 fully saturated rings. The van der Waals surface area contributed by atoms with Crippen LogP contribution in [-0.4, -0.2) is 43.9 Å². The molecule has 1 aliphatic heterocycles. The van der Waals surface area contributed by atoms with Crippen LogP contribution in [-0.2, 0) is 4.74 Å². The fraction of sp³-hybridized carbons (Fsp3) is 0.333. The molecule has 0 spiro atoms. The number of rotatable bonds is 2. The van der Waals surface area contributed by atoms with Crippen molar-refractivity contribution >= 4 is 22.6 Å². The summed E-state index contributed by atoms with van der Waals surface area (Å²) >= 11 is 0. The van der Waals surface area contributed by atoms with Crippen molar-refractivity contribution < 1.29 is 14.6 Å². The molecular formula is C15H14N4O4. The van der Waals surface area contributed by atoms with E-state index < -0.39 is 11.5 Å². The Hall–Kier alpha value is -2.74. The van der Waals surface area contributed by atoms with E-state index in [9.17, 15) is 14.7 Å². The van der Waals surface area contributed by atoms with Crippen LogP contribution in [0.4, 0.5) is 0 Å². The van der Waals surface area contributed by atoms with Crippen molar-refractivity contribution in [3.63, 3.8) is 0 Å². The molecule has 1 unspecified atom stereocenters. The first kappa shape index (κ1) is 13.9. The monoisotopic (exact) mass is 314 g/mol. The number of benzene rings is 1. The van der Waals surface area contributed by atoms with Gasteiger partial charge in [-0.2, -0.15) is 0 Å². The van der Waals surface area contributed by atoms with Crippen LogP contribution in [0.5, 0.6) is 0 Å². The second-order valence-electron chi connectivity index (χ2n) is 5.72. The molecule has 3 heterocycles. The number of aryl methyl sites for hydroxylation is 1. The van der Waals surface area contributed by atoms with Crippen molar-refractivity contribution in [3.8, 4) is 0 Å². The predicted octanol–water partition coefficient (Wildman–Crippen LogP) is 1.08. The Labute approximate surface area is 129 Å². The van der Waals surface area contributed by atoms with Crippen molar-refractivity contribution in [2.75, 3.05) is 13.2 Å². The van der Waals surface area contributed by atoms with E-state index in [1.54, 1.807) is 17.4 Å². The second kappa shape index (κ2) is 4.88. The number of aromatic carboxylic acids is 1. The number of carbonyl (C=O) groups is 1. The standard InChI is InChI=1S/C15H14N4O4/c1-7-4-11-10(5-9(7)15(21)22)16-14(20)13-18-17-12(19(11)13)8-2-3-23-6-8/h4-5,8H,2-3,6H2,1H3,(H,16,20)(H,21,22). The molecule has 0 amide bonds. The van der Waals surface area contributed by atoms with Gasteiger partial charge in [-0.15, -0.1) is 10.2 Å². The fourth-order valence-electron chi connectivity index (χ4n) is 3.07. The zero-order chi connectivity index (χ0) is 16.1. The zero-order valence-corrected chi connectivity index (χ0v) is 12.4. The first-order chi connectivity index (χ1) is 11.1. The highest BCUT2D eigenvalue weighted by Crippen LogP contribution is 2.26. The first-order valence-corrected chi connectivity index (χ1v) is 7.29. The SMILES string of the molecule is Cc1cc2c(cc1C(=O)O)[nH]c(=O)c1nnc(C3CCOC3)n12. The molecule has 8 heteroatoms. The summed E-state index contributed by atoms with van der Waals surface area (Å²) in [5.74, 6) is -0.274. The molecule has 3 aromatic rings. The maximum atomic E-state index is 12.2. The summed E-state index contributed by atoms with van der Waals surface area (Å²) in [4.78, 5) is 26.2. The number of nitrogens with one attached hydrogen (secondary N) is 1. The highest BCUT2D eigenvalue weighted by atomic mass is 16.5. The summed E-state index contributed by atoms with van der Waals surface area (Å²) in [6.45, 7) is 2.92. The first-order valence-electron chi connectivity index (χ1n) is 7.29. The number of hydrogen-bond donors (Lipinski definition) is 2. The van der Waals surface area contributed by atoms with Gasteiger partial charge < -0.3 is 14.8 Å². The Morgan fingerprint density at radius 1 is 1.43 bits per heavy atom. The van der Waals surface area contributed by atoms with Gasteiger partial charge in [-0.05, 0) is 31.0 Å². The maximum Gasteiger partial charge on any atom is 0.336 e. The number of H-pyrrole nitrogens is 1. The summed E-state index contributed by atoms with van der Waals surface area (Å²) in [6.07, 6.45) is 0.821. The van der Waals surface area contributed by atoms with E-state index in [-0.39, 0.29) is 17.1 Å². The van der Waals surface area contributed by atoms with Crippen molar-refractivity contribution in [2.45, 2.75) is 19.3 Å². The van der Waals surface area contributed by atoms with Gasteiger partial charge in [-0.25, -0.2) is 4.79 Å². The molecule has 1 aliphatic rings. The summed E-state index contributed by atoms with van der Waals surface area (Å²) in [5, 5.41) is 17.4. The normalized spacial score (nSPS) is 18.0. The molecule has 1 saturated heterocycles. The Balaban J connectivity index is 2.10. The third-order valence-corrected chi connectivity index (χ3v) is 4.25. The molecule has 0 bridgehead atoms. The molecule has 4 rings (SSSR count).